The van der Waals surface area contributed by atoms with Crippen molar-refractivity contribution in [3.8, 4) is 0 Å². The third-order valence-electron chi connectivity index (χ3n) is 3.59. The molecule has 0 saturated carbocycles. The summed E-state index contributed by atoms with van der Waals surface area (Å²) in [5, 5.41) is 9.07. The van der Waals surface area contributed by atoms with Crippen molar-refractivity contribution in [1.82, 2.24) is 9.55 Å². The summed E-state index contributed by atoms with van der Waals surface area (Å²) in [5.74, 6) is 0.0575. The zero-order valence-corrected chi connectivity index (χ0v) is 11.8. The number of aromatic nitrogens is 2. The predicted molar refractivity (Wildman–Crippen MR) is 81.6 cm³/mol. The molecule has 4 heteroatoms. The summed E-state index contributed by atoms with van der Waals surface area (Å²) in [6.07, 6.45) is 0.629. The summed E-state index contributed by atoms with van der Waals surface area (Å²) in [7, 11) is 0. The molecule has 0 fully saturated rings. The van der Waals surface area contributed by atoms with Gasteiger partial charge in [0.25, 0.3) is 0 Å². The van der Waals surface area contributed by atoms with Gasteiger partial charge in [-0.25, -0.2) is 9.78 Å². The summed E-state index contributed by atoms with van der Waals surface area (Å²) in [5.41, 5.74) is 3.36. The van der Waals surface area contributed by atoms with Gasteiger partial charge in [0.05, 0.1) is 16.6 Å². The van der Waals surface area contributed by atoms with E-state index in [4.69, 9.17) is 5.11 Å². The van der Waals surface area contributed by atoms with Crippen molar-refractivity contribution < 1.29 is 9.90 Å². The molecule has 3 aromatic rings. The van der Waals surface area contributed by atoms with Crippen molar-refractivity contribution in [2.75, 3.05) is 0 Å². The molecule has 1 aromatic heterocycles. The van der Waals surface area contributed by atoms with Gasteiger partial charge in [-0.15, -0.1) is 0 Å². The molecule has 0 radical (unpaired) electrons. The topological polar surface area (TPSA) is 55.1 Å². The lowest BCUT2D eigenvalue weighted by atomic mass is 10.1. The van der Waals surface area contributed by atoms with E-state index in [-0.39, 0.29) is 0 Å². The summed E-state index contributed by atoms with van der Waals surface area (Å²) in [6, 6.07) is 15.1. The van der Waals surface area contributed by atoms with Crippen LogP contribution in [0.15, 0.2) is 48.5 Å². The fourth-order valence-corrected chi connectivity index (χ4v) is 2.61. The van der Waals surface area contributed by atoms with E-state index in [9.17, 15) is 4.79 Å². The Morgan fingerprint density at radius 1 is 1.19 bits per heavy atom. The van der Waals surface area contributed by atoms with E-state index < -0.39 is 5.97 Å². The number of para-hydroxylation sites is 2. The number of benzene rings is 2. The van der Waals surface area contributed by atoms with Gasteiger partial charge in [0.15, 0.2) is 0 Å². The molecule has 0 unspecified atom stereocenters. The summed E-state index contributed by atoms with van der Waals surface area (Å²) >= 11 is 0. The van der Waals surface area contributed by atoms with Crippen molar-refractivity contribution >= 4 is 17.0 Å². The van der Waals surface area contributed by atoms with E-state index in [0.717, 1.165) is 29.0 Å². The van der Waals surface area contributed by atoms with Crippen molar-refractivity contribution in [2.45, 2.75) is 19.9 Å². The van der Waals surface area contributed by atoms with Gasteiger partial charge in [0.1, 0.15) is 5.82 Å². The number of imidazole rings is 1. The molecular formula is C17H16N2O2. The second kappa shape index (κ2) is 5.40. The Morgan fingerprint density at radius 3 is 2.76 bits per heavy atom. The average Bonchev–Trinajstić information content (AvgIpc) is 2.84. The van der Waals surface area contributed by atoms with Gasteiger partial charge in [0, 0.05) is 13.0 Å². The lowest BCUT2D eigenvalue weighted by Gasteiger charge is -2.06. The minimum atomic E-state index is -0.902. The molecule has 0 aliphatic heterocycles. The quantitative estimate of drug-likeness (QED) is 0.797. The lowest BCUT2D eigenvalue weighted by molar-refractivity contribution is 0.0696. The van der Waals surface area contributed by atoms with Crippen LogP contribution in [0.25, 0.3) is 11.0 Å². The van der Waals surface area contributed by atoms with Gasteiger partial charge in [-0.2, -0.15) is 0 Å². The highest BCUT2D eigenvalue weighted by Crippen LogP contribution is 2.19. The monoisotopic (exact) mass is 280 g/mol. The van der Waals surface area contributed by atoms with Gasteiger partial charge in [-0.3, -0.25) is 0 Å². The third kappa shape index (κ3) is 2.52. The number of carboxylic acid groups (broad SMARTS) is 1. The minimum absolute atomic E-state index is 0.312. The largest absolute Gasteiger partial charge is 0.478 e. The van der Waals surface area contributed by atoms with Crippen LogP contribution in [0, 0.1) is 0 Å². The molecule has 106 valence electrons. The Morgan fingerprint density at radius 2 is 2.00 bits per heavy atom. The first-order valence-electron chi connectivity index (χ1n) is 6.95. The number of hydrogen-bond donors (Lipinski definition) is 1. The minimum Gasteiger partial charge on any atom is -0.478 e. The van der Waals surface area contributed by atoms with Crippen LogP contribution >= 0.6 is 0 Å². The van der Waals surface area contributed by atoms with Crippen LogP contribution in [-0.4, -0.2) is 20.6 Å². The van der Waals surface area contributed by atoms with E-state index >= 15 is 0 Å². The predicted octanol–water partition coefficient (Wildman–Crippen LogP) is 3.35. The molecule has 0 aliphatic carbocycles. The molecule has 0 amide bonds. The molecule has 0 atom stereocenters. The Labute approximate surface area is 122 Å². The number of rotatable bonds is 4. The number of carboxylic acids is 1. The first kappa shape index (κ1) is 13.4. The summed E-state index contributed by atoms with van der Waals surface area (Å²) in [4.78, 5) is 15.7. The van der Waals surface area contributed by atoms with E-state index in [0.29, 0.717) is 12.0 Å². The second-order valence-electron chi connectivity index (χ2n) is 4.94. The molecule has 21 heavy (non-hydrogen) atoms. The standard InChI is InChI=1S/C17H16N2O2/c1-2-19-15-9-4-3-8-14(15)18-16(19)11-12-6-5-7-13(10-12)17(20)21/h3-10H,2,11H2,1H3,(H,20,21). The first-order valence-corrected chi connectivity index (χ1v) is 6.95. The van der Waals surface area contributed by atoms with E-state index in [1.54, 1.807) is 18.2 Å². The van der Waals surface area contributed by atoms with Gasteiger partial charge in [-0.05, 0) is 36.8 Å². The Balaban J connectivity index is 2.01. The van der Waals surface area contributed by atoms with E-state index in [1.807, 2.05) is 24.3 Å². The first-order chi connectivity index (χ1) is 10.2. The molecule has 0 bridgehead atoms. The summed E-state index contributed by atoms with van der Waals surface area (Å²) in [6.45, 7) is 2.93. The van der Waals surface area contributed by atoms with Gasteiger partial charge < -0.3 is 9.67 Å². The van der Waals surface area contributed by atoms with Crippen molar-refractivity contribution in [3.05, 3.63) is 65.5 Å². The molecule has 1 heterocycles. The van der Waals surface area contributed by atoms with Crippen LogP contribution in [0.2, 0.25) is 0 Å². The lowest BCUT2D eigenvalue weighted by Crippen LogP contribution is -2.04. The van der Waals surface area contributed by atoms with Gasteiger partial charge >= 0.3 is 5.97 Å². The van der Waals surface area contributed by atoms with Crippen LogP contribution < -0.4 is 0 Å². The molecular weight excluding hydrogens is 264 g/mol. The van der Waals surface area contributed by atoms with Gasteiger partial charge in [-0.1, -0.05) is 24.3 Å². The van der Waals surface area contributed by atoms with Gasteiger partial charge in [0.2, 0.25) is 0 Å². The molecule has 2 aromatic carbocycles. The Kier molecular flexibility index (Phi) is 3.44. The third-order valence-corrected chi connectivity index (χ3v) is 3.59. The maximum absolute atomic E-state index is 11.0. The molecule has 0 aliphatic rings. The Hall–Kier alpha value is -2.62. The Bertz CT molecular complexity index is 805. The molecule has 4 nitrogen and oxygen atoms in total. The zero-order chi connectivity index (χ0) is 14.8. The van der Waals surface area contributed by atoms with Crippen molar-refractivity contribution in [1.29, 1.82) is 0 Å². The number of hydrogen-bond acceptors (Lipinski definition) is 2. The fraction of sp³-hybridized carbons (Fsp3) is 0.176. The maximum atomic E-state index is 11.0. The van der Waals surface area contributed by atoms with Crippen LogP contribution in [0.3, 0.4) is 0 Å². The van der Waals surface area contributed by atoms with Crippen LogP contribution in [0.4, 0.5) is 0 Å². The maximum Gasteiger partial charge on any atom is 0.335 e. The second-order valence-corrected chi connectivity index (χ2v) is 4.94. The number of fused-ring (bicyclic) bond motifs is 1. The average molecular weight is 280 g/mol. The van der Waals surface area contributed by atoms with E-state index in [1.165, 1.54) is 0 Å². The number of carbonyl (C=O) groups is 1. The smallest absolute Gasteiger partial charge is 0.335 e. The fourth-order valence-electron chi connectivity index (χ4n) is 2.61. The SMILES string of the molecule is CCn1c(Cc2cccc(C(=O)O)c2)nc2ccccc21. The van der Waals surface area contributed by atoms with E-state index in [2.05, 4.69) is 22.5 Å². The highest BCUT2D eigenvalue weighted by molar-refractivity contribution is 5.87. The molecule has 0 spiro atoms. The molecule has 0 saturated heterocycles. The molecule has 1 N–H and O–H groups in total. The summed E-state index contributed by atoms with van der Waals surface area (Å²) < 4.78 is 2.17. The highest BCUT2D eigenvalue weighted by atomic mass is 16.4. The number of nitrogens with zero attached hydrogens (tertiary/aromatic N) is 2. The number of aryl methyl sites for hydroxylation is 1. The zero-order valence-electron chi connectivity index (χ0n) is 11.8. The number of aromatic carboxylic acids is 1. The highest BCUT2D eigenvalue weighted by Gasteiger charge is 2.10. The van der Waals surface area contributed by atoms with Crippen LogP contribution in [-0.2, 0) is 13.0 Å². The van der Waals surface area contributed by atoms with Crippen molar-refractivity contribution in [3.63, 3.8) is 0 Å². The molecule has 3 rings (SSSR count). The van der Waals surface area contributed by atoms with Crippen molar-refractivity contribution in [2.24, 2.45) is 0 Å². The van der Waals surface area contributed by atoms with Crippen LogP contribution in [0.1, 0.15) is 28.7 Å². The van der Waals surface area contributed by atoms with Crippen LogP contribution in [0.5, 0.6) is 0 Å². The normalized spacial score (nSPS) is 10.9.